The molecule has 0 aliphatic carbocycles. The van der Waals surface area contributed by atoms with Gasteiger partial charge in [0, 0.05) is 31.4 Å². The monoisotopic (exact) mass is 638 g/mol. The molecule has 0 saturated carbocycles. The number of hydrogen-bond donors (Lipinski definition) is 3. The van der Waals surface area contributed by atoms with Crippen LogP contribution in [0.2, 0.25) is 0 Å². The Morgan fingerprint density at radius 3 is 2.13 bits per heavy atom. The summed E-state index contributed by atoms with van der Waals surface area (Å²) in [6.07, 6.45) is -10.9. The molecule has 0 radical (unpaired) electrons. The van der Waals surface area contributed by atoms with Crippen LogP contribution < -0.4 is 20.3 Å². The average Bonchev–Trinajstić information content (AvgIpc) is 3.43. The number of carbonyl (C=O) groups is 3. The first-order chi connectivity index (χ1) is 21.2. The summed E-state index contributed by atoms with van der Waals surface area (Å²) in [6, 6.07) is 15.8. The predicted octanol–water partition coefficient (Wildman–Crippen LogP) is 5.51. The highest BCUT2D eigenvalue weighted by atomic mass is 19.4. The molecule has 1 heterocycles. The minimum Gasteiger partial charge on any atom is -0.465 e. The number of para-hydroxylation sites is 1. The van der Waals surface area contributed by atoms with Crippen LogP contribution in [0.3, 0.4) is 0 Å². The van der Waals surface area contributed by atoms with E-state index in [4.69, 9.17) is 9.84 Å². The number of nitrogens with zero attached hydrogens (tertiary/aromatic N) is 2. The van der Waals surface area contributed by atoms with E-state index in [0.717, 1.165) is 0 Å². The molecule has 1 fully saturated rings. The Labute approximate surface area is 253 Å². The number of alkyl halides is 6. The summed E-state index contributed by atoms with van der Waals surface area (Å²) < 4.78 is 85.4. The van der Waals surface area contributed by atoms with Crippen molar-refractivity contribution in [3.8, 4) is 11.5 Å². The molecule has 1 aliphatic rings. The fourth-order valence-electron chi connectivity index (χ4n) is 4.70. The van der Waals surface area contributed by atoms with Crippen molar-refractivity contribution in [1.29, 1.82) is 0 Å². The Kier molecular flexibility index (Phi) is 10.1. The first-order valence-corrected chi connectivity index (χ1v) is 13.6. The second-order valence-corrected chi connectivity index (χ2v) is 10.2. The fraction of sp³-hybridized carbons (Fsp3) is 0.300. The van der Waals surface area contributed by atoms with E-state index in [1.54, 1.807) is 54.6 Å². The number of amides is 3. The van der Waals surface area contributed by atoms with Gasteiger partial charge in [0.2, 0.25) is 11.8 Å². The number of halogens is 6. The number of carbonyl (C=O) groups excluding carboxylic acids is 2. The van der Waals surface area contributed by atoms with Crippen LogP contribution in [0.5, 0.6) is 11.5 Å². The van der Waals surface area contributed by atoms with Crippen LogP contribution >= 0.6 is 0 Å². The van der Waals surface area contributed by atoms with Crippen molar-refractivity contribution < 1.29 is 50.6 Å². The molecule has 3 N–H and O–H groups in total. The molecular weight excluding hydrogens is 610 g/mol. The topological polar surface area (TPSA) is 111 Å². The summed E-state index contributed by atoms with van der Waals surface area (Å²) in [7, 11) is 0. The second-order valence-electron chi connectivity index (χ2n) is 10.2. The lowest BCUT2D eigenvalue weighted by molar-refractivity contribution is -0.143. The molecule has 1 atom stereocenters. The van der Waals surface area contributed by atoms with Gasteiger partial charge in [0.15, 0.2) is 0 Å². The normalized spacial score (nSPS) is 15.0. The summed E-state index contributed by atoms with van der Waals surface area (Å²) in [5, 5.41) is 13.6. The van der Waals surface area contributed by atoms with Crippen molar-refractivity contribution >= 4 is 23.6 Å². The van der Waals surface area contributed by atoms with Crippen LogP contribution in [-0.4, -0.2) is 60.1 Å². The molecule has 4 rings (SSSR count). The summed E-state index contributed by atoms with van der Waals surface area (Å²) in [6.45, 7) is -1.10. The van der Waals surface area contributed by atoms with Crippen LogP contribution in [0.15, 0.2) is 72.8 Å². The van der Waals surface area contributed by atoms with Crippen LogP contribution in [0.1, 0.15) is 23.1 Å². The minimum atomic E-state index is -5.04. The lowest BCUT2D eigenvalue weighted by atomic mass is 10.0. The van der Waals surface area contributed by atoms with Crippen LogP contribution in [-0.2, 0) is 28.5 Å². The maximum absolute atomic E-state index is 13.3. The van der Waals surface area contributed by atoms with Gasteiger partial charge in [-0.1, -0.05) is 24.3 Å². The van der Waals surface area contributed by atoms with Crippen molar-refractivity contribution in [3.05, 3.63) is 89.5 Å². The number of benzene rings is 3. The third-order valence-corrected chi connectivity index (χ3v) is 6.83. The highest BCUT2D eigenvalue weighted by Crippen LogP contribution is 2.36. The molecule has 3 amide bonds. The molecule has 3 aromatic carbocycles. The minimum absolute atomic E-state index is 0.00192. The zero-order chi connectivity index (χ0) is 32.8. The summed E-state index contributed by atoms with van der Waals surface area (Å²) >= 11 is 0. The van der Waals surface area contributed by atoms with E-state index < -0.39 is 66.1 Å². The van der Waals surface area contributed by atoms with Crippen molar-refractivity contribution in [2.45, 2.75) is 31.4 Å². The summed E-state index contributed by atoms with van der Waals surface area (Å²) in [5.74, 6) is -0.329. The van der Waals surface area contributed by atoms with Gasteiger partial charge in [-0.15, -0.1) is 0 Å². The molecule has 15 heteroatoms. The molecule has 240 valence electrons. The van der Waals surface area contributed by atoms with E-state index in [9.17, 15) is 40.7 Å². The molecule has 0 spiro atoms. The van der Waals surface area contributed by atoms with Crippen LogP contribution in [0.25, 0.3) is 0 Å². The maximum atomic E-state index is 13.3. The quantitative estimate of drug-likeness (QED) is 0.253. The number of carboxylic acid groups (broad SMARTS) is 1. The van der Waals surface area contributed by atoms with E-state index in [1.165, 1.54) is 9.80 Å². The van der Waals surface area contributed by atoms with Gasteiger partial charge >= 0.3 is 18.4 Å². The first-order valence-electron chi connectivity index (χ1n) is 13.6. The van der Waals surface area contributed by atoms with Gasteiger partial charge in [0.1, 0.15) is 11.5 Å². The first kappa shape index (κ1) is 33.0. The Balaban J connectivity index is 1.52. The number of rotatable bonds is 10. The zero-order valence-corrected chi connectivity index (χ0v) is 23.5. The van der Waals surface area contributed by atoms with Gasteiger partial charge in [0.05, 0.1) is 30.3 Å². The van der Waals surface area contributed by atoms with Gasteiger partial charge in [0.25, 0.3) is 0 Å². The van der Waals surface area contributed by atoms with E-state index in [2.05, 4.69) is 10.6 Å². The van der Waals surface area contributed by atoms with Crippen molar-refractivity contribution in [1.82, 2.24) is 15.5 Å². The standard InChI is InChI=1S/C30H28F6N4O5/c31-29(32,33)20-11-19(12-21(13-20)30(34,35)36)15-37-26(41)17-40(18-27(42)39-10-9-22(16-39)38-28(43)44)23-5-4-8-25(14-23)45-24-6-2-1-3-7-24/h1-8,11-14,22,38H,9-10,15-18H2,(H,37,41)(H,43,44)/t22-/m0/s1. The smallest absolute Gasteiger partial charge is 0.416 e. The van der Waals surface area contributed by atoms with Crippen LogP contribution in [0, 0.1) is 0 Å². The number of nitrogens with one attached hydrogen (secondary N) is 2. The molecule has 0 bridgehead atoms. The third kappa shape index (κ3) is 9.52. The highest BCUT2D eigenvalue weighted by Gasteiger charge is 2.37. The lowest BCUT2D eigenvalue weighted by Crippen LogP contribution is -2.45. The lowest BCUT2D eigenvalue weighted by Gasteiger charge is -2.27. The number of likely N-dealkylation sites (tertiary alicyclic amines) is 1. The second kappa shape index (κ2) is 13.8. The van der Waals surface area contributed by atoms with Gasteiger partial charge in [-0.05, 0) is 54.4 Å². The molecular formula is C30H28F6N4O5. The van der Waals surface area contributed by atoms with Gasteiger partial charge in [-0.2, -0.15) is 26.3 Å². The van der Waals surface area contributed by atoms with Crippen molar-refractivity contribution in [3.63, 3.8) is 0 Å². The highest BCUT2D eigenvalue weighted by molar-refractivity contribution is 5.87. The molecule has 1 saturated heterocycles. The Morgan fingerprint density at radius 2 is 1.51 bits per heavy atom. The fourth-order valence-corrected chi connectivity index (χ4v) is 4.70. The van der Waals surface area contributed by atoms with E-state index in [1.807, 2.05) is 0 Å². The number of ether oxygens (including phenoxy) is 1. The van der Waals surface area contributed by atoms with Gasteiger partial charge in [-0.3, -0.25) is 9.59 Å². The number of hydrogen-bond acceptors (Lipinski definition) is 5. The SMILES string of the molecule is O=C(O)N[C@H]1CCN(C(=O)CN(CC(=O)NCc2cc(C(F)(F)F)cc(C(F)(F)F)c2)c2cccc(Oc3ccccc3)c2)C1. The predicted molar refractivity (Wildman–Crippen MR) is 150 cm³/mol. The molecule has 3 aromatic rings. The molecule has 1 aliphatic heterocycles. The van der Waals surface area contributed by atoms with Gasteiger partial charge < -0.3 is 30.3 Å². The van der Waals surface area contributed by atoms with E-state index in [0.29, 0.717) is 35.7 Å². The molecule has 9 nitrogen and oxygen atoms in total. The summed E-state index contributed by atoms with van der Waals surface area (Å²) in [4.78, 5) is 40.0. The van der Waals surface area contributed by atoms with Crippen molar-refractivity contribution in [2.75, 3.05) is 31.1 Å². The number of anilines is 1. The molecule has 0 unspecified atom stereocenters. The Bertz CT molecular complexity index is 1480. The zero-order valence-electron chi connectivity index (χ0n) is 23.5. The summed E-state index contributed by atoms with van der Waals surface area (Å²) in [5.41, 5.74) is -3.07. The molecule has 45 heavy (non-hydrogen) atoms. The van der Waals surface area contributed by atoms with E-state index in [-0.39, 0.29) is 25.7 Å². The molecule has 0 aromatic heterocycles. The van der Waals surface area contributed by atoms with E-state index >= 15 is 0 Å². The van der Waals surface area contributed by atoms with Crippen molar-refractivity contribution in [2.24, 2.45) is 0 Å². The van der Waals surface area contributed by atoms with Gasteiger partial charge in [-0.25, -0.2) is 4.79 Å². The Hall–Kier alpha value is -4.95. The van der Waals surface area contributed by atoms with Crippen LogP contribution in [0.4, 0.5) is 36.8 Å². The maximum Gasteiger partial charge on any atom is 0.416 e. The third-order valence-electron chi connectivity index (χ3n) is 6.83. The average molecular weight is 639 g/mol. The largest absolute Gasteiger partial charge is 0.465 e. The Morgan fingerprint density at radius 1 is 0.867 bits per heavy atom.